The highest BCUT2D eigenvalue weighted by atomic mass is 19.1. The van der Waals surface area contributed by atoms with Crippen molar-refractivity contribution in [1.29, 1.82) is 0 Å². The summed E-state index contributed by atoms with van der Waals surface area (Å²) in [6, 6.07) is -0.166. The van der Waals surface area contributed by atoms with Crippen molar-refractivity contribution in [3.8, 4) is 0 Å². The van der Waals surface area contributed by atoms with Gasteiger partial charge in [0.1, 0.15) is 6.17 Å². The lowest BCUT2D eigenvalue weighted by atomic mass is 9.68. The second-order valence-corrected chi connectivity index (χ2v) is 5.92. The summed E-state index contributed by atoms with van der Waals surface area (Å²) >= 11 is 0. The Labute approximate surface area is 106 Å². The van der Waals surface area contributed by atoms with E-state index in [1.54, 1.807) is 0 Å². The number of rotatable bonds is 1. The van der Waals surface area contributed by atoms with Crippen molar-refractivity contribution in [1.82, 2.24) is 4.90 Å². The van der Waals surface area contributed by atoms with E-state index in [0.29, 0.717) is 12.8 Å². The van der Waals surface area contributed by atoms with Gasteiger partial charge in [0.05, 0.1) is 17.9 Å². The number of amides is 2. The van der Waals surface area contributed by atoms with Gasteiger partial charge in [-0.05, 0) is 26.2 Å². The van der Waals surface area contributed by atoms with Crippen LogP contribution in [0.5, 0.6) is 0 Å². The van der Waals surface area contributed by atoms with Crippen LogP contribution in [0.25, 0.3) is 0 Å². The third-order valence-corrected chi connectivity index (χ3v) is 5.13. The third kappa shape index (κ3) is 1.29. The van der Waals surface area contributed by atoms with Gasteiger partial charge in [0, 0.05) is 6.42 Å². The maximum absolute atomic E-state index is 13.3. The molecule has 1 saturated carbocycles. The van der Waals surface area contributed by atoms with Crippen molar-refractivity contribution in [2.24, 2.45) is 17.8 Å². The van der Waals surface area contributed by atoms with Gasteiger partial charge in [0.2, 0.25) is 11.8 Å². The summed E-state index contributed by atoms with van der Waals surface area (Å²) in [7, 11) is 0. The van der Waals surface area contributed by atoms with Crippen LogP contribution in [0.1, 0.15) is 33.6 Å². The molecule has 4 unspecified atom stereocenters. The van der Waals surface area contributed by atoms with Crippen LogP contribution in [0.15, 0.2) is 11.1 Å². The molecule has 3 nitrogen and oxygen atoms in total. The number of fused-ring (bicyclic) bond motifs is 1. The molecular weight excluding hydrogens is 233 g/mol. The van der Waals surface area contributed by atoms with Crippen LogP contribution < -0.4 is 0 Å². The second-order valence-electron chi connectivity index (χ2n) is 5.92. The first kappa shape index (κ1) is 11.9. The highest BCUT2D eigenvalue weighted by molar-refractivity contribution is 6.04. The minimum atomic E-state index is -0.918. The number of likely N-dealkylation sites (tertiary alicyclic amines) is 1. The van der Waals surface area contributed by atoms with Gasteiger partial charge in [0.25, 0.3) is 0 Å². The molecule has 0 aromatic rings. The van der Waals surface area contributed by atoms with Gasteiger partial charge in [-0.15, -0.1) is 0 Å². The number of nitrogens with zero attached hydrogens (tertiary/aromatic N) is 1. The molecule has 0 aromatic heterocycles. The Hall–Kier alpha value is -1.19. The van der Waals surface area contributed by atoms with Crippen molar-refractivity contribution in [3.63, 3.8) is 0 Å². The first-order valence-corrected chi connectivity index (χ1v) is 6.61. The van der Waals surface area contributed by atoms with Crippen LogP contribution in [0.2, 0.25) is 0 Å². The maximum atomic E-state index is 13.3. The van der Waals surface area contributed by atoms with E-state index in [1.165, 1.54) is 10.5 Å². The Balaban J connectivity index is 1.78. The monoisotopic (exact) mass is 251 g/mol. The molecule has 98 valence electrons. The fraction of sp³-hybridized carbons (Fsp3) is 0.714. The smallest absolute Gasteiger partial charge is 0.237 e. The summed E-state index contributed by atoms with van der Waals surface area (Å²) in [5.74, 6) is -0.439. The number of hydrogen-bond donors (Lipinski definition) is 0. The fourth-order valence-electron chi connectivity index (χ4n) is 3.72. The van der Waals surface area contributed by atoms with E-state index in [9.17, 15) is 14.0 Å². The van der Waals surface area contributed by atoms with E-state index in [-0.39, 0.29) is 35.6 Å². The molecule has 2 fully saturated rings. The summed E-state index contributed by atoms with van der Waals surface area (Å²) in [6.45, 7) is 5.99. The van der Waals surface area contributed by atoms with Gasteiger partial charge in [-0.3, -0.25) is 14.5 Å². The second kappa shape index (κ2) is 3.65. The van der Waals surface area contributed by atoms with E-state index >= 15 is 0 Å². The van der Waals surface area contributed by atoms with E-state index in [0.717, 1.165) is 5.57 Å². The summed E-state index contributed by atoms with van der Waals surface area (Å²) in [4.78, 5) is 25.6. The van der Waals surface area contributed by atoms with E-state index < -0.39 is 6.17 Å². The van der Waals surface area contributed by atoms with Crippen LogP contribution in [0.4, 0.5) is 4.39 Å². The number of β-lactam (4-membered cyclic amide) rings is 1. The highest BCUT2D eigenvalue weighted by Gasteiger charge is 2.57. The van der Waals surface area contributed by atoms with Crippen molar-refractivity contribution >= 4 is 11.8 Å². The lowest BCUT2D eigenvalue weighted by molar-refractivity contribution is -0.166. The Kier molecular flexibility index (Phi) is 2.41. The van der Waals surface area contributed by atoms with Gasteiger partial charge >= 0.3 is 0 Å². The van der Waals surface area contributed by atoms with Gasteiger partial charge < -0.3 is 0 Å². The molecule has 1 heterocycles. The van der Waals surface area contributed by atoms with Gasteiger partial charge in [-0.25, -0.2) is 4.39 Å². The van der Waals surface area contributed by atoms with E-state index in [2.05, 4.69) is 0 Å². The average molecular weight is 251 g/mol. The number of allylic oxidation sites excluding steroid dienone is 1. The highest BCUT2D eigenvalue weighted by Crippen LogP contribution is 2.47. The van der Waals surface area contributed by atoms with Gasteiger partial charge in [-0.1, -0.05) is 18.1 Å². The van der Waals surface area contributed by atoms with Crippen molar-refractivity contribution < 1.29 is 14.0 Å². The Morgan fingerprint density at radius 3 is 2.56 bits per heavy atom. The van der Waals surface area contributed by atoms with Gasteiger partial charge in [-0.2, -0.15) is 0 Å². The van der Waals surface area contributed by atoms with Crippen molar-refractivity contribution in [2.75, 3.05) is 0 Å². The van der Waals surface area contributed by atoms with Crippen LogP contribution in [0, 0.1) is 17.8 Å². The zero-order valence-electron chi connectivity index (χ0n) is 10.9. The zero-order valence-corrected chi connectivity index (χ0v) is 10.9. The molecule has 2 aliphatic carbocycles. The van der Waals surface area contributed by atoms with Crippen molar-refractivity contribution in [2.45, 2.75) is 45.8 Å². The minimum Gasteiger partial charge on any atom is -0.278 e. The molecule has 1 saturated heterocycles. The van der Waals surface area contributed by atoms with Crippen LogP contribution >= 0.6 is 0 Å². The van der Waals surface area contributed by atoms with Gasteiger partial charge in [0.15, 0.2) is 0 Å². The quantitative estimate of drug-likeness (QED) is 0.406. The molecule has 0 bridgehead atoms. The van der Waals surface area contributed by atoms with Crippen LogP contribution in [-0.4, -0.2) is 28.9 Å². The maximum Gasteiger partial charge on any atom is 0.237 e. The number of alkyl halides is 1. The topological polar surface area (TPSA) is 37.4 Å². The van der Waals surface area contributed by atoms with Crippen LogP contribution in [0.3, 0.4) is 0 Å². The molecule has 18 heavy (non-hydrogen) atoms. The summed E-state index contributed by atoms with van der Waals surface area (Å²) in [6.07, 6.45) is -0.272. The van der Waals surface area contributed by atoms with E-state index in [1.807, 2.05) is 20.8 Å². The molecule has 3 aliphatic rings. The standard InChI is InChI=1S/C14H18FNO2/c1-6-7(2)12(8(6)3)14(18)16-11-5-9(15)4-10(11)13(16)17/h7,9-12H,4-5H2,1-3H3/t7?,9?,10?,11?,12-/m0/s1. The number of hydrogen-bond acceptors (Lipinski definition) is 2. The molecule has 5 atom stereocenters. The first-order chi connectivity index (χ1) is 8.43. The molecule has 0 aromatic carbocycles. The molecule has 0 N–H and O–H groups in total. The molecule has 3 rings (SSSR count). The summed E-state index contributed by atoms with van der Waals surface area (Å²) in [5, 5.41) is 0. The summed E-state index contributed by atoms with van der Waals surface area (Å²) in [5.41, 5.74) is 2.33. The molecule has 2 amide bonds. The number of halogens is 1. The third-order valence-electron chi connectivity index (χ3n) is 5.13. The number of imide groups is 1. The largest absolute Gasteiger partial charge is 0.278 e. The molecule has 0 spiro atoms. The average Bonchev–Trinajstić information content (AvgIpc) is 2.67. The summed E-state index contributed by atoms with van der Waals surface area (Å²) < 4.78 is 13.3. The Morgan fingerprint density at radius 1 is 1.28 bits per heavy atom. The number of carbonyl (C=O) groups excluding carboxylic acids is 2. The van der Waals surface area contributed by atoms with E-state index in [4.69, 9.17) is 0 Å². The van der Waals surface area contributed by atoms with Crippen LogP contribution in [-0.2, 0) is 9.59 Å². The normalized spacial score (nSPS) is 42.6. The Morgan fingerprint density at radius 2 is 1.94 bits per heavy atom. The lowest BCUT2D eigenvalue weighted by Gasteiger charge is -2.47. The molecule has 4 heteroatoms. The minimum absolute atomic E-state index is 0.106. The number of carbonyl (C=O) groups is 2. The predicted octanol–water partition coefficient (Wildman–Crippen LogP) is 2.07. The predicted molar refractivity (Wildman–Crippen MR) is 64.3 cm³/mol. The Bertz CT molecular complexity index is 470. The molecule has 1 aliphatic heterocycles. The lowest BCUT2D eigenvalue weighted by Crippen LogP contribution is -2.63. The SMILES string of the molecule is CC1=C(C)[C@@H](C(=O)N2C(=O)C3CC(F)CC32)C1C. The molecular formula is C14H18FNO2. The molecule has 0 radical (unpaired) electrons. The fourth-order valence-corrected chi connectivity index (χ4v) is 3.72. The zero-order chi connectivity index (χ0) is 13.2. The van der Waals surface area contributed by atoms with Crippen molar-refractivity contribution in [3.05, 3.63) is 11.1 Å². The first-order valence-electron chi connectivity index (χ1n) is 6.61.